The van der Waals surface area contributed by atoms with Gasteiger partial charge in [0.05, 0.1) is 32.4 Å². The number of nitrogens with zero attached hydrogens (tertiary/aromatic N) is 4. The van der Waals surface area contributed by atoms with Gasteiger partial charge >= 0.3 is 0 Å². The topological polar surface area (TPSA) is 94.3 Å². The Kier molecular flexibility index (Phi) is 5.19. The van der Waals surface area contributed by atoms with E-state index in [4.69, 9.17) is 14.6 Å². The summed E-state index contributed by atoms with van der Waals surface area (Å²) in [7, 11) is 1.62. The Morgan fingerprint density at radius 3 is 2.92 bits per heavy atom. The van der Waals surface area contributed by atoms with Gasteiger partial charge < -0.3 is 19.9 Å². The monoisotopic (exact) mass is 329 g/mol. The summed E-state index contributed by atoms with van der Waals surface area (Å²) in [5.74, 6) is 1.96. The number of aliphatic hydroxyl groups is 1. The Balaban J connectivity index is 1.92. The summed E-state index contributed by atoms with van der Waals surface area (Å²) >= 11 is 0. The lowest BCUT2D eigenvalue weighted by Crippen LogP contribution is -2.13. The molecule has 0 aliphatic heterocycles. The third-order valence-electron chi connectivity index (χ3n) is 3.40. The van der Waals surface area contributed by atoms with Crippen molar-refractivity contribution in [3.8, 4) is 11.7 Å². The molecule has 0 spiro atoms. The van der Waals surface area contributed by atoms with Gasteiger partial charge in [0, 0.05) is 24.3 Å². The van der Waals surface area contributed by atoms with Crippen LogP contribution >= 0.6 is 0 Å². The number of imidazole rings is 1. The van der Waals surface area contributed by atoms with E-state index in [0.717, 1.165) is 16.7 Å². The number of rotatable bonds is 8. The van der Waals surface area contributed by atoms with Crippen LogP contribution in [-0.4, -0.2) is 58.1 Å². The van der Waals surface area contributed by atoms with Crippen molar-refractivity contribution in [3.63, 3.8) is 0 Å². The highest BCUT2D eigenvalue weighted by molar-refractivity contribution is 5.90. The van der Waals surface area contributed by atoms with E-state index in [1.54, 1.807) is 30.4 Å². The van der Waals surface area contributed by atoms with Crippen LogP contribution in [0.3, 0.4) is 0 Å². The molecule has 1 aromatic carbocycles. The lowest BCUT2D eigenvalue weighted by molar-refractivity contribution is 0.0992. The third-order valence-corrected chi connectivity index (χ3v) is 3.40. The Hall–Kier alpha value is -2.71. The summed E-state index contributed by atoms with van der Waals surface area (Å²) in [5.41, 5.74) is 0.799. The summed E-state index contributed by atoms with van der Waals surface area (Å²) in [6.45, 7) is 1.36. The number of hydrogen-bond donors (Lipinski definition) is 2. The minimum Gasteiger partial charge on any atom is -0.497 e. The first-order valence-electron chi connectivity index (χ1n) is 7.58. The van der Waals surface area contributed by atoms with Crippen LogP contribution in [0.4, 0.5) is 5.82 Å². The normalized spacial score (nSPS) is 10.9. The average molecular weight is 329 g/mol. The number of hydrogen-bond acceptors (Lipinski definition) is 7. The average Bonchev–Trinajstić information content (AvgIpc) is 3.15. The van der Waals surface area contributed by atoms with Crippen molar-refractivity contribution in [2.45, 2.75) is 0 Å². The molecule has 0 unspecified atom stereocenters. The Bertz CT molecular complexity index is 792. The zero-order valence-electron chi connectivity index (χ0n) is 13.3. The van der Waals surface area contributed by atoms with Crippen molar-refractivity contribution >= 4 is 16.7 Å². The van der Waals surface area contributed by atoms with Gasteiger partial charge in [-0.15, -0.1) is 0 Å². The van der Waals surface area contributed by atoms with Gasteiger partial charge in [-0.3, -0.25) is 4.57 Å². The van der Waals surface area contributed by atoms with E-state index in [0.29, 0.717) is 31.5 Å². The van der Waals surface area contributed by atoms with E-state index in [1.165, 1.54) is 0 Å². The molecular weight excluding hydrogens is 310 g/mol. The first kappa shape index (κ1) is 16.2. The fourth-order valence-electron chi connectivity index (χ4n) is 2.26. The number of aliphatic hydroxyl groups excluding tert-OH is 1. The SMILES string of the molecule is COc1ccc2nc(-n3ccnc3)nc(NCCOCCO)c2c1. The highest BCUT2D eigenvalue weighted by Gasteiger charge is 2.10. The van der Waals surface area contributed by atoms with Crippen molar-refractivity contribution < 1.29 is 14.6 Å². The molecule has 0 atom stereocenters. The van der Waals surface area contributed by atoms with Gasteiger partial charge in [-0.1, -0.05) is 0 Å². The van der Waals surface area contributed by atoms with Crippen LogP contribution in [0.15, 0.2) is 36.9 Å². The molecule has 3 aromatic rings. The van der Waals surface area contributed by atoms with Gasteiger partial charge in [-0.05, 0) is 18.2 Å². The molecule has 2 N–H and O–H groups in total. The minimum absolute atomic E-state index is 0.0123. The van der Waals surface area contributed by atoms with Crippen molar-refractivity contribution in [3.05, 3.63) is 36.9 Å². The van der Waals surface area contributed by atoms with E-state index in [-0.39, 0.29) is 6.61 Å². The van der Waals surface area contributed by atoms with Gasteiger partial charge in [-0.2, -0.15) is 4.98 Å². The number of benzene rings is 1. The summed E-state index contributed by atoms with van der Waals surface area (Å²) in [5, 5.41) is 12.8. The lowest BCUT2D eigenvalue weighted by Gasteiger charge is -2.12. The standard InChI is InChI=1S/C16H19N5O3/c1-23-12-2-3-14-13(10-12)15(18-5-8-24-9-7-22)20-16(19-14)21-6-4-17-11-21/h2-4,6,10-11,22H,5,7-9H2,1H3,(H,18,19,20). The lowest BCUT2D eigenvalue weighted by atomic mass is 10.2. The second-order valence-corrected chi connectivity index (χ2v) is 4.99. The van der Waals surface area contributed by atoms with Crippen molar-refractivity contribution in [2.24, 2.45) is 0 Å². The third kappa shape index (κ3) is 3.61. The minimum atomic E-state index is 0.0123. The maximum absolute atomic E-state index is 8.74. The van der Waals surface area contributed by atoms with Crippen molar-refractivity contribution in [1.29, 1.82) is 0 Å². The van der Waals surface area contributed by atoms with Crippen LogP contribution in [0, 0.1) is 0 Å². The number of nitrogens with one attached hydrogen (secondary N) is 1. The largest absolute Gasteiger partial charge is 0.497 e. The molecule has 0 amide bonds. The Morgan fingerprint density at radius 2 is 2.17 bits per heavy atom. The predicted octanol–water partition coefficient (Wildman–Crippen LogP) is 1.24. The molecule has 0 fully saturated rings. The van der Waals surface area contributed by atoms with E-state index >= 15 is 0 Å². The fourth-order valence-corrected chi connectivity index (χ4v) is 2.26. The molecule has 126 valence electrons. The van der Waals surface area contributed by atoms with Crippen LogP contribution in [0.1, 0.15) is 0 Å². The number of anilines is 1. The van der Waals surface area contributed by atoms with Crippen molar-refractivity contribution in [1.82, 2.24) is 19.5 Å². The quantitative estimate of drug-likeness (QED) is 0.601. The number of ether oxygens (including phenoxy) is 2. The summed E-state index contributed by atoms with van der Waals surface area (Å²) in [4.78, 5) is 13.2. The fraction of sp³-hybridized carbons (Fsp3) is 0.312. The van der Waals surface area contributed by atoms with Crippen LogP contribution in [0.5, 0.6) is 5.75 Å². The zero-order chi connectivity index (χ0) is 16.8. The maximum Gasteiger partial charge on any atom is 0.237 e. The number of methoxy groups -OCH3 is 1. The molecule has 0 aliphatic rings. The summed E-state index contributed by atoms with van der Waals surface area (Å²) < 4.78 is 12.3. The molecule has 24 heavy (non-hydrogen) atoms. The highest BCUT2D eigenvalue weighted by Crippen LogP contribution is 2.25. The molecule has 8 heteroatoms. The maximum atomic E-state index is 8.74. The zero-order valence-corrected chi connectivity index (χ0v) is 13.3. The van der Waals surface area contributed by atoms with Crippen LogP contribution in [0.25, 0.3) is 16.9 Å². The first-order chi connectivity index (χ1) is 11.8. The van der Waals surface area contributed by atoms with E-state index in [2.05, 4.69) is 20.3 Å². The Labute approximate surface area is 139 Å². The van der Waals surface area contributed by atoms with Crippen LogP contribution in [-0.2, 0) is 4.74 Å². The molecule has 2 heterocycles. The molecule has 0 radical (unpaired) electrons. The molecule has 3 rings (SSSR count). The first-order valence-corrected chi connectivity index (χ1v) is 7.58. The second kappa shape index (κ2) is 7.71. The van der Waals surface area contributed by atoms with E-state index < -0.39 is 0 Å². The molecule has 0 bridgehead atoms. The van der Waals surface area contributed by atoms with Gasteiger partial charge in [0.15, 0.2) is 0 Å². The molecule has 8 nitrogen and oxygen atoms in total. The highest BCUT2D eigenvalue weighted by atomic mass is 16.5. The van der Waals surface area contributed by atoms with E-state index in [9.17, 15) is 0 Å². The van der Waals surface area contributed by atoms with Gasteiger partial charge in [0.25, 0.3) is 0 Å². The molecule has 0 saturated heterocycles. The second-order valence-electron chi connectivity index (χ2n) is 4.99. The number of aromatic nitrogens is 4. The van der Waals surface area contributed by atoms with Gasteiger partial charge in [0.2, 0.25) is 5.95 Å². The number of fused-ring (bicyclic) bond motifs is 1. The molecular formula is C16H19N5O3. The smallest absolute Gasteiger partial charge is 0.237 e. The molecule has 0 aliphatic carbocycles. The van der Waals surface area contributed by atoms with Gasteiger partial charge in [-0.25, -0.2) is 9.97 Å². The van der Waals surface area contributed by atoms with Crippen molar-refractivity contribution in [2.75, 3.05) is 38.8 Å². The molecule has 0 saturated carbocycles. The van der Waals surface area contributed by atoms with Crippen LogP contribution in [0.2, 0.25) is 0 Å². The predicted molar refractivity (Wildman–Crippen MR) is 89.6 cm³/mol. The van der Waals surface area contributed by atoms with Gasteiger partial charge in [0.1, 0.15) is 17.9 Å². The van der Waals surface area contributed by atoms with E-state index in [1.807, 2.05) is 18.2 Å². The summed E-state index contributed by atoms with van der Waals surface area (Å²) in [6, 6.07) is 5.65. The Morgan fingerprint density at radius 1 is 1.25 bits per heavy atom. The van der Waals surface area contributed by atoms with Crippen LogP contribution < -0.4 is 10.1 Å². The summed E-state index contributed by atoms with van der Waals surface area (Å²) in [6.07, 6.45) is 5.12. The molecule has 2 aromatic heterocycles.